The van der Waals surface area contributed by atoms with Crippen molar-refractivity contribution in [3.63, 3.8) is 0 Å². The van der Waals surface area contributed by atoms with Gasteiger partial charge in [-0.25, -0.2) is 4.98 Å². The van der Waals surface area contributed by atoms with E-state index in [4.69, 9.17) is 17.3 Å². The van der Waals surface area contributed by atoms with E-state index in [1.807, 2.05) is 0 Å². The van der Waals surface area contributed by atoms with Gasteiger partial charge in [-0.1, -0.05) is 11.6 Å². The second kappa shape index (κ2) is 4.73. The monoisotopic (exact) mass is 306 g/mol. The zero-order chi connectivity index (χ0) is 14.6. The van der Waals surface area contributed by atoms with E-state index in [0.717, 1.165) is 23.6 Å². The van der Waals surface area contributed by atoms with Crippen molar-refractivity contribution in [2.45, 2.75) is 51.5 Å². The van der Waals surface area contributed by atoms with Crippen LogP contribution in [0.1, 0.15) is 45.4 Å². The maximum Gasteiger partial charge on any atom is 0.223 e. The molecule has 3 N–H and O–H groups in total. The lowest BCUT2D eigenvalue weighted by Gasteiger charge is -2.59. The molecule has 4 saturated carbocycles. The molecule has 0 unspecified atom stereocenters. The number of hydrogen-bond acceptors (Lipinski definition) is 4. The molecule has 1 atom stereocenters. The molecule has 0 aliphatic heterocycles. The minimum atomic E-state index is 0.239. The van der Waals surface area contributed by atoms with Gasteiger partial charge in [0.05, 0.1) is 0 Å². The molecule has 5 rings (SSSR count). The number of hydrogen-bond donors (Lipinski definition) is 2. The SMILES string of the molecule is C[C@@H](Nc1cc(Cl)nc(N)n1)C12CC3CC(CC(C3)C1)C2. The summed E-state index contributed by atoms with van der Waals surface area (Å²) in [6.45, 7) is 2.30. The van der Waals surface area contributed by atoms with Gasteiger partial charge >= 0.3 is 0 Å². The molecule has 0 saturated heterocycles. The van der Waals surface area contributed by atoms with Crippen molar-refractivity contribution in [2.24, 2.45) is 23.2 Å². The number of halogens is 1. The van der Waals surface area contributed by atoms with Crippen LogP contribution in [0.5, 0.6) is 0 Å². The van der Waals surface area contributed by atoms with Crippen LogP contribution in [0.3, 0.4) is 0 Å². The van der Waals surface area contributed by atoms with Crippen LogP contribution in [0.4, 0.5) is 11.8 Å². The molecule has 4 aliphatic carbocycles. The highest BCUT2D eigenvalue weighted by Gasteiger charge is 2.53. The number of rotatable bonds is 3. The number of nitrogens with two attached hydrogens (primary N) is 1. The van der Waals surface area contributed by atoms with Gasteiger partial charge in [-0.3, -0.25) is 0 Å². The second-order valence-electron chi connectivity index (χ2n) is 7.58. The standard InChI is InChI=1S/C16H23ClN4/c1-9(19-14-5-13(17)20-15(18)21-14)16-6-10-2-11(7-16)4-12(3-10)8-16/h5,9-12H,2-4,6-8H2,1H3,(H3,18,19,20,21)/t9-,10?,11?,12?,16?/m1/s1. The largest absolute Gasteiger partial charge is 0.368 e. The molecule has 4 fully saturated rings. The molecule has 21 heavy (non-hydrogen) atoms. The maximum absolute atomic E-state index is 5.98. The Labute approximate surface area is 130 Å². The third-order valence-corrected chi connectivity index (χ3v) is 6.27. The van der Waals surface area contributed by atoms with Gasteiger partial charge in [0, 0.05) is 12.1 Å². The Morgan fingerprint density at radius 3 is 2.29 bits per heavy atom. The van der Waals surface area contributed by atoms with Gasteiger partial charge < -0.3 is 11.1 Å². The average Bonchev–Trinajstić information content (AvgIpc) is 2.35. The first-order valence-electron chi connectivity index (χ1n) is 8.09. The Kier molecular flexibility index (Phi) is 3.07. The lowest BCUT2D eigenvalue weighted by molar-refractivity contribution is -0.0603. The van der Waals surface area contributed by atoms with Gasteiger partial charge in [-0.2, -0.15) is 4.98 Å². The fraction of sp³-hybridized carbons (Fsp3) is 0.750. The van der Waals surface area contributed by atoms with Gasteiger partial charge in [-0.15, -0.1) is 0 Å². The summed E-state index contributed by atoms with van der Waals surface area (Å²) in [4.78, 5) is 8.20. The molecule has 0 amide bonds. The molecule has 0 radical (unpaired) electrons. The summed E-state index contributed by atoms with van der Waals surface area (Å²) < 4.78 is 0. The van der Waals surface area contributed by atoms with E-state index in [2.05, 4.69) is 22.2 Å². The first kappa shape index (κ1) is 13.6. The minimum Gasteiger partial charge on any atom is -0.368 e. The summed E-state index contributed by atoms with van der Waals surface area (Å²) in [5.74, 6) is 3.87. The fourth-order valence-corrected chi connectivity index (χ4v) is 5.78. The lowest BCUT2D eigenvalue weighted by Crippen LogP contribution is -2.53. The highest BCUT2D eigenvalue weighted by atomic mass is 35.5. The van der Waals surface area contributed by atoms with Crippen molar-refractivity contribution in [1.29, 1.82) is 0 Å². The van der Waals surface area contributed by atoms with Crippen LogP contribution >= 0.6 is 11.6 Å². The van der Waals surface area contributed by atoms with Crippen molar-refractivity contribution in [3.05, 3.63) is 11.2 Å². The Morgan fingerprint density at radius 1 is 1.19 bits per heavy atom. The van der Waals surface area contributed by atoms with Crippen LogP contribution in [0.15, 0.2) is 6.07 Å². The first-order chi connectivity index (χ1) is 10.0. The van der Waals surface area contributed by atoms with Gasteiger partial charge in [0.15, 0.2) is 0 Å². The Hall–Kier alpha value is -1.03. The molecule has 4 nitrogen and oxygen atoms in total. The first-order valence-corrected chi connectivity index (χ1v) is 8.47. The van der Waals surface area contributed by atoms with Gasteiger partial charge in [0.1, 0.15) is 11.0 Å². The Bertz CT molecular complexity index is 504. The van der Waals surface area contributed by atoms with E-state index < -0.39 is 0 Å². The maximum atomic E-state index is 5.98. The zero-order valence-electron chi connectivity index (χ0n) is 12.5. The molecule has 1 aromatic rings. The van der Waals surface area contributed by atoms with Crippen molar-refractivity contribution in [1.82, 2.24) is 9.97 Å². The third kappa shape index (κ3) is 2.37. The molecule has 0 spiro atoms. The molecule has 1 heterocycles. The normalized spacial score (nSPS) is 38.5. The highest BCUT2D eigenvalue weighted by Crippen LogP contribution is 2.61. The minimum absolute atomic E-state index is 0.239. The smallest absolute Gasteiger partial charge is 0.223 e. The van der Waals surface area contributed by atoms with Gasteiger partial charge in [-0.05, 0) is 68.6 Å². The van der Waals surface area contributed by atoms with E-state index in [9.17, 15) is 0 Å². The van der Waals surface area contributed by atoms with Crippen LogP contribution < -0.4 is 11.1 Å². The molecular formula is C16H23ClN4. The number of nitrogens with one attached hydrogen (secondary N) is 1. The average molecular weight is 307 g/mol. The summed E-state index contributed by atoms with van der Waals surface area (Å²) in [5, 5.41) is 3.97. The van der Waals surface area contributed by atoms with E-state index in [1.54, 1.807) is 6.07 Å². The van der Waals surface area contributed by atoms with E-state index in [1.165, 1.54) is 38.5 Å². The van der Waals surface area contributed by atoms with Crippen molar-refractivity contribution in [2.75, 3.05) is 11.1 Å². The molecular weight excluding hydrogens is 284 g/mol. The summed E-state index contributed by atoms with van der Waals surface area (Å²) in [5.41, 5.74) is 6.14. The topological polar surface area (TPSA) is 63.8 Å². The lowest BCUT2D eigenvalue weighted by atomic mass is 9.48. The van der Waals surface area contributed by atoms with Crippen LogP contribution in [0, 0.1) is 23.2 Å². The fourth-order valence-electron chi connectivity index (χ4n) is 5.59. The van der Waals surface area contributed by atoms with E-state index in [-0.39, 0.29) is 5.95 Å². The molecule has 0 aromatic carbocycles. The van der Waals surface area contributed by atoms with Crippen LogP contribution in [0.2, 0.25) is 5.15 Å². The Balaban J connectivity index is 1.55. The predicted octanol–water partition coefficient (Wildman–Crippen LogP) is 3.73. The molecule has 4 aliphatic rings. The van der Waals surface area contributed by atoms with Gasteiger partial charge in [0.2, 0.25) is 5.95 Å². The number of anilines is 2. The van der Waals surface area contributed by atoms with Gasteiger partial charge in [0.25, 0.3) is 0 Å². The van der Waals surface area contributed by atoms with Crippen molar-refractivity contribution < 1.29 is 0 Å². The second-order valence-corrected chi connectivity index (χ2v) is 7.97. The molecule has 114 valence electrons. The van der Waals surface area contributed by atoms with E-state index in [0.29, 0.717) is 16.6 Å². The summed E-state index contributed by atoms with van der Waals surface area (Å²) in [6.07, 6.45) is 8.54. The number of nitrogens with zero attached hydrogens (tertiary/aromatic N) is 2. The van der Waals surface area contributed by atoms with Crippen LogP contribution in [0.25, 0.3) is 0 Å². The zero-order valence-corrected chi connectivity index (χ0v) is 13.2. The molecule has 4 bridgehead atoms. The van der Waals surface area contributed by atoms with E-state index >= 15 is 0 Å². The van der Waals surface area contributed by atoms with Crippen molar-refractivity contribution >= 4 is 23.4 Å². The third-order valence-electron chi connectivity index (χ3n) is 6.08. The van der Waals surface area contributed by atoms with Crippen molar-refractivity contribution in [3.8, 4) is 0 Å². The number of aromatic nitrogens is 2. The summed E-state index contributed by atoms with van der Waals surface area (Å²) >= 11 is 5.98. The Morgan fingerprint density at radius 2 is 1.76 bits per heavy atom. The van der Waals surface area contributed by atoms with Crippen LogP contribution in [-0.2, 0) is 0 Å². The number of nitrogen functional groups attached to an aromatic ring is 1. The predicted molar refractivity (Wildman–Crippen MR) is 85.1 cm³/mol. The molecule has 5 heteroatoms. The van der Waals surface area contributed by atoms with Crippen LogP contribution in [-0.4, -0.2) is 16.0 Å². The highest BCUT2D eigenvalue weighted by molar-refractivity contribution is 6.29. The summed E-state index contributed by atoms with van der Waals surface area (Å²) in [6, 6.07) is 2.19. The quantitative estimate of drug-likeness (QED) is 0.835. The molecule has 1 aromatic heterocycles. The summed E-state index contributed by atoms with van der Waals surface area (Å²) in [7, 11) is 0.